The van der Waals surface area contributed by atoms with Crippen molar-refractivity contribution in [3.05, 3.63) is 95.6 Å². The normalized spacial score (nSPS) is 10.8. The Morgan fingerprint density at radius 3 is 1.69 bits per heavy atom. The molecule has 0 aliphatic rings. The van der Waals surface area contributed by atoms with E-state index in [9.17, 15) is 0 Å². The summed E-state index contributed by atoms with van der Waals surface area (Å²) in [6, 6.07) is 26.9. The summed E-state index contributed by atoms with van der Waals surface area (Å²) in [7, 11) is 0. The first-order valence-electron chi connectivity index (χ1n) is 8.34. The maximum atomic E-state index is 4.47. The zero-order valence-electron chi connectivity index (χ0n) is 14.8. The Morgan fingerprint density at radius 1 is 0.692 bits per heavy atom. The molecule has 0 saturated heterocycles. The minimum Gasteiger partial charge on any atom is -0.157 e. The lowest BCUT2D eigenvalue weighted by atomic mass is 10.2. The van der Waals surface area contributed by atoms with Gasteiger partial charge < -0.3 is 0 Å². The van der Waals surface area contributed by atoms with Gasteiger partial charge in [-0.1, -0.05) is 89.2 Å². The number of nitrogens with zero attached hydrogens (tertiary/aromatic N) is 2. The standard InChI is InChI=1S/C22H20N2S2/c1-17-8-12-20(13-9-17)25-22(26-21-14-10-18(2)11-15-21)24-23-16-19-6-4-3-5-7-19/h3-16H,1-2H3/b23-16-. The molecule has 2 nitrogen and oxygen atoms in total. The Hall–Kier alpha value is -2.30. The van der Waals surface area contributed by atoms with E-state index < -0.39 is 0 Å². The van der Waals surface area contributed by atoms with Gasteiger partial charge in [-0.25, -0.2) is 0 Å². The molecule has 0 N–H and O–H groups in total. The molecule has 0 amide bonds. The van der Waals surface area contributed by atoms with E-state index in [4.69, 9.17) is 0 Å². The molecule has 0 atom stereocenters. The number of aryl methyl sites for hydroxylation is 2. The van der Waals surface area contributed by atoms with E-state index in [1.54, 1.807) is 29.7 Å². The van der Waals surface area contributed by atoms with Crippen molar-refractivity contribution in [2.75, 3.05) is 0 Å². The molecule has 0 aromatic heterocycles. The summed E-state index contributed by atoms with van der Waals surface area (Å²) >= 11 is 3.26. The minimum atomic E-state index is 0.893. The molecule has 0 spiro atoms. The summed E-state index contributed by atoms with van der Waals surface area (Å²) in [6.07, 6.45) is 1.78. The van der Waals surface area contributed by atoms with Crippen LogP contribution in [0.25, 0.3) is 0 Å². The fourth-order valence-corrected chi connectivity index (χ4v) is 4.03. The molecular weight excluding hydrogens is 356 g/mol. The zero-order valence-corrected chi connectivity index (χ0v) is 16.4. The molecule has 3 rings (SSSR count). The van der Waals surface area contributed by atoms with Crippen LogP contribution in [0.3, 0.4) is 0 Å². The van der Waals surface area contributed by atoms with Crippen LogP contribution in [0.15, 0.2) is 98.9 Å². The van der Waals surface area contributed by atoms with E-state index in [1.165, 1.54) is 11.1 Å². The first kappa shape index (κ1) is 18.5. The highest BCUT2D eigenvalue weighted by Gasteiger charge is 2.06. The Morgan fingerprint density at radius 2 is 1.19 bits per heavy atom. The highest BCUT2D eigenvalue weighted by molar-refractivity contribution is 8.38. The SMILES string of the molecule is Cc1ccc(SC(=N/N=C\c2ccccc2)Sc2ccc(C)cc2)cc1. The van der Waals surface area contributed by atoms with E-state index in [0.717, 1.165) is 19.7 Å². The third kappa shape index (κ3) is 5.90. The van der Waals surface area contributed by atoms with E-state index in [1.807, 2.05) is 30.3 Å². The highest BCUT2D eigenvalue weighted by atomic mass is 32.2. The highest BCUT2D eigenvalue weighted by Crippen LogP contribution is 2.31. The summed E-state index contributed by atoms with van der Waals surface area (Å²) in [5.74, 6) is 0. The molecule has 130 valence electrons. The monoisotopic (exact) mass is 376 g/mol. The van der Waals surface area contributed by atoms with Gasteiger partial charge in [0.2, 0.25) is 0 Å². The average molecular weight is 377 g/mol. The Balaban J connectivity index is 1.79. The van der Waals surface area contributed by atoms with Crippen molar-refractivity contribution in [3.63, 3.8) is 0 Å². The van der Waals surface area contributed by atoms with Crippen LogP contribution >= 0.6 is 23.5 Å². The maximum Gasteiger partial charge on any atom is 0.162 e. The predicted molar refractivity (Wildman–Crippen MR) is 116 cm³/mol. The van der Waals surface area contributed by atoms with Crippen molar-refractivity contribution in [2.24, 2.45) is 10.2 Å². The molecule has 0 heterocycles. The molecule has 0 saturated carbocycles. The summed E-state index contributed by atoms with van der Waals surface area (Å²) in [5, 5.41) is 8.76. The smallest absolute Gasteiger partial charge is 0.157 e. The fourth-order valence-electron chi connectivity index (χ4n) is 2.16. The van der Waals surface area contributed by atoms with Gasteiger partial charge in [0.1, 0.15) is 0 Å². The largest absolute Gasteiger partial charge is 0.162 e. The first-order chi connectivity index (χ1) is 12.7. The summed E-state index contributed by atoms with van der Waals surface area (Å²) < 4.78 is 0.893. The van der Waals surface area contributed by atoms with Crippen LogP contribution in [0.1, 0.15) is 16.7 Å². The van der Waals surface area contributed by atoms with Gasteiger partial charge in [-0.15, -0.1) is 5.10 Å². The second-order valence-electron chi connectivity index (χ2n) is 5.85. The van der Waals surface area contributed by atoms with E-state index in [-0.39, 0.29) is 0 Å². The summed E-state index contributed by atoms with van der Waals surface area (Å²) in [5.41, 5.74) is 3.54. The van der Waals surface area contributed by atoms with Crippen LogP contribution in [0.5, 0.6) is 0 Å². The minimum absolute atomic E-state index is 0.893. The van der Waals surface area contributed by atoms with Crippen LogP contribution in [-0.4, -0.2) is 10.6 Å². The molecule has 26 heavy (non-hydrogen) atoms. The second kappa shape index (κ2) is 9.41. The number of rotatable bonds is 4. The lowest BCUT2D eigenvalue weighted by Crippen LogP contribution is -1.87. The molecule has 0 aliphatic heterocycles. The van der Waals surface area contributed by atoms with E-state index >= 15 is 0 Å². The molecule has 0 fully saturated rings. The van der Waals surface area contributed by atoms with Crippen molar-refractivity contribution < 1.29 is 0 Å². The van der Waals surface area contributed by atoms with Crippen molar-refractivity contribution >= 4 is 34.1 Å². The summed E-state index contributed by atoms with van der Waals surface area (Å²) in [6.45, 7) is 4.18. The molecule has 0 aliphatic carbocycles. The Bertz CT molecular complexity index is 834. The Labute approximate surface area is 163 Å². The van der Waals surface area contributed by atoms with Crippen LogP contribution in [0.4, 0.5) is 0 Å². The fraction of sp³-hybridized carbons (Fsp3) is 0.0909. The maximum absolute atomic E-state index is 4.47. The van der Waals surface area contributed by atoms with Crippen molar-refractivity contribution in [1.82, 2.24) is 0 Å². The summed E-state index contributed by atoms with van der Waals surface area (Å²) in [4.78, 5) is 2.31. The van der Waals surface area contributed by atoms with Gasteiger partial charge in [-0.05, 0) is 43.7 Å². The molecule has 0 radical (unpaired) electrons. The molecule has 3 aromatic rings. The average Bonchev–Trinajstić information content (AvgIpc) is 2.66. The number of benzene rings is 3. The third-order valence-corrected chi connectivity index (χ3v) is 5.63. The van der Waals surface area contributed by atoms with Gasteiger partial charge in [0.05, 0.1) is 6.21 Å². The third-order valence-electron chi connectivity index (χ3n) is 3.60. The van der Waals surface area contributed by atoms with Crippen LogP contribution < -0.4 is 0 Å². The number of hydrogen-bond donors (Lipinski definition) is 0. The van der Waals surface area contributed by atoms with Crippen molar-refractivity contribution in [2.45, 2.75) is 23.6 Å². The van der Waals surface area contributed by atoms with Gasteiger partial charge >= 0.3 is 0 Å². The molecule has 3 aromatic carbocycles. The topological polar surface area (TPSA) is 24.7 Å². The van der Waals surface area contributed by atoms with Gasteiger partial charge in [0, 0.05) is 9.79 Å². The van der Waals surface area contributed by atoms with Gasteiger partial charge in [-0.2, -0.15) is 5.10 Å². The van der Waals surface area contributed by atoms with Crippen molar-refractivity contribution in [3.8, 4) is 0 Å². The van der Waals surface area contributed by atoms with Gasteiger partial charge in [0.25, 0.3) is 0 Å². The van der Waals surface area contributed by atoms with Crippen molar-refractivity contribution in [1.29, 1.82) is 0 Å². The first-order valence-corrected chi connectivity index (χ1v) is 9.97. The quantitative estimate of drug-likeness (QED) is 0.222. The number of hydrogen-bond acceptors (Lipinski definition) is 4. The lowest BCUT2D eigenvalue weighted by Gasteiger charge is -2.05. The van der Waals surface area contributed by atoms with E-state index in [2.05, 4.69) is 72.6 Å². The van der Waals surface area contributed by atoms with Gasteiger partial charge in [0.15, 0.2) is 4.38 Å². The molecular formula is C22H20N2S2. The molecule has 4 heteroatoms. The molecule has 0 bridgehead atoms. The molecule has 0 unspecified atom stereocenters. The second-order valence-corrected chi connectivity index (χ2v) is 8.23. The van der Waals surface area contributed by atoms with Crippen LogP contribution in [0.2, 0.25) is 0 Å². The Kier molecular flexibility index (Phi) is 6.69. The number of thioether (sulfide) groups is 2. The van der Waals surface area contributed by atoms with Crippen LogP contribution in [0, 0.1) is 13.8 Å². The van der Waals surface area contributed by atoms with Gasteiger partial charge in [-0.3, -0.25) is 0 Å². The van der Waals surface area contributed by atoms with E-state index in [0.29, 0.717) is 0 Å². The van der Waals surface area contributed by atoms with Crippen LogP contribution in [-0.2, 0) is 0 Å². The zero-order chi connectivity index (χ0) is 18.2. The lowest BCUT2D eigenvalue weighted by molar-refractivity contribution is 1.27. The predicted octanol–water partition coefficient (Wildman–Crippen LogP) is 6.58.